The summed E-state index contributed by atoms with van der Waals surface area (Å²) in [5.74, 6) is -2.21. The molecule has 0 spiro atoms. The van der Waals surface area contributed by atoms with Gasteiger partial charge in [0.15, 0.2) is 5.76 Å². The summed E-state index contributed by atoms with van der Waals surface area (Å²) in [6.45, 7) is 1.62. The predicted molar refractivity (Wildman–Crippen MR) is 49.2 cm³/mol. The van der Waals surface area contributed by atoms with E-state index in [1.54, 1.807) is 6.92 Å². The van der Waals surface area contributed by atoms with E-state index in [1.165, 1.54) is 6.21 Å². The normalized spacial score (nSPS) is 21.5. The maximum atomic E-state index is 11.2. The van der Waals surface area contributed by atoms with Crippen LogP contribution in [0, 0.1) is 5.92 Å². The molecule has 0 aromatic rings. The molecule has 5 heteroatoms. The molecular weight excluding hydrogens is 186 g/mol. The molecule has 0 saturated heterocycles. The van der Waals surface area contributed by atoms with E-state index in [1.807, 2.05) is 0 Å². The molecule has 0 aromatic heterocycles. The van der Waals surface area contributed by atoms with E-state index in [-0.39, 0.29) is 18.5 Å². The van der Waals surface area contributed by atoms with Crippen molar-refractivity contribution in [3.8, 4) is 0 Å². The molecule has 14 heavy (non-hydrogen) atoms. The molecular formula is C9H11NO4. The van der Waals surface area contributed by atoms with Gasteiger partial charge in [0.2, 0.25) is 5.78 Å². The Morgan fingerprint density at radius 1 is 1.64 bits per heavy atom. The van der Waals surface area contributed by atoms with Crippen LogP contribution < -0.4 is 0 Å². The standard InChI is InChI=1S/C9H11NO4/c1-5-4-10-6(2-3-7(11)12)9(14)8(5)13/h4-5,14H,2-3H2,1H3,(H,11,12). The van der Waals surface area contributed by atoms with Crippen molar-refractivity contribution in [3.05, 3.63) is 11.5 Å². The number of carbonyl (C=O) groups is 2. The summed E-state index contributed by atoms with van der Waals surface area (Å²) in [5.41, 5.74) is 0.163. The second-order valence-corrected chi connectivity index (χ2v) is 3.12. The molecule has 0 bridgehead atoms. The molecule has 0 radical (unpaired) electrons. The zero-order valence-electron chi connectivity index (χ0n) is 7.73. The SMILES string of the molecule is CC1C=NC(CCC(=O)O)=C(O)C1=O. The highest BCUT2D eigenvalue weighted by atomic mass is 16.4. The average molecular weight is 197 g/mol. The van der Waals surface area contributed by atoms with Gasteiger partial charge in [0.25, 0.3) is 0 Å². The first-order chi connectivity index (χ1) is 6.52. The molecule has 0 fully saturated rings. The van der Waals surface area contributed by atoms with Gasteiger partial charge in [-0.2, -0.15) is 0 Å². The molecule has 5 nitrogen and oxygen atoms in total. The highest BCUT2D eigenvalue weighted by molar-refractivity contribution is 6.06. The van der Waals surface area contributed by atoms with Crippen molar-refractivity contribution >= 4 is 18.0 Å². The lowest BCUT2D eigenvalue weighted by atomic mass is 10.0. The van der Waals surface area contributed by atoms with E-state index in [0.29, 0.717) is 0 Å². The van der Waals surface area contributed by atoms with Gasteiger partial charge in [-0.05, 0) is 6.92 Å². The third kappa shape index (κ3) is 2.18. The summed E-state index contributed by atoms with van der Waals surface area (Å²) in [4.78, 5) is 25.3. The number of carboxylic acid groups (broad SMARTS) is 1. The number of hydrogen-bond acceptors (Lipinski definition) is 4. The molecule has 0 saturated carbocycles. The van der Waals surface area contributed by atoms with Crippen molar-refractivity contribution in [2.45, 2.75) is 19.8 Å². The molecule has 1 aliphatic heterocycles. The van der Waals surface area contributed by atoms with Crippen molar-refractivity contribution in [2.75, 3.05) is 0 Å². The van der Waals surface area contributed by atoms with Crippen molar-refractivity contribution in [1.82, 2.24) is 0 Å². The first-order valence-corrected chi connectivity index (χ1v) is 4.24. The monoisotopic (exact) mass is 197 g/mol. The summed E-state index contributed by atoms with van der Waals surface area (Å²) in [6.07, 6.45) is 1.35. The second-order valence-electron chi connectivity index (χ2n) is 3.12. The van der Waals surface area contributed by atoms with Gasteiger partial charge in [-0.15, -0.1) is 0 Å². The van der Waals surface area contributed by atoms with Crippen LogP contribution in [0.5, 0.6) is 0 Å². The van der Waals surface area contributed by atoms with Crippen LogP contribution in [-0.2, 0) is 9.59 Å². The number of carboxylic acids is 1. The van der Waals surface area contributed by atoms with Crippen molar-refractivity contribution < 1.29 is 19.8 Å². The lowest BCUT2D eigenvalue weighted by Crippen LogP contribution is -2.20. The number of aliphatic hydroxyl groups excluding tert-OH is 1. The van der Waals surface area contributed by atoms with E-state index in [0.717, 1.165) is 0 Å². The topological polar surface area (TPSA) is 87.0 Å². The van der Waals surface area contributed by atoms with E-state index in [2.05, 4.69) is 4.99 Å². The number of ketones is 1. The van der Waals surface area contributed by atoms with Gasteiger partial charge in [-0.3, -0.25) is 14.6 Å². The van der Waals surface area contributed by atoms with Crippen molar-refractivity contribution in [2.24, 2.45) is 10.9 Å². The van der Waals surface area contributed by atoms with Gasteiger partial charge in [-0.1, -0.05) is 0 Å². The van der Waals surface area contributed by atoms with E-state index in [4.69, 9.17) is 5.11 Å². The molecule has 0 aromatic carbocycles. The van der Waals surface area contributed by atoms with Crippen LogP contribution in [0.2, 0.25) is 0 Å². The molecule has 1 unspecified atom stereocenters. The van der Waals surface area contributed by atoms with Crippen LogP contribution in [0.4, 0.5) is 0 Å². The van der Waals surface area contributed by atoms with E-state index < -0.39 is 23.4 Å². The van der Waals surface area contributed by atoms with Crippen LogP contribution in [-0.4, -0.2) is 28.2 Å². The van der Waals surface area contributed by atoms with E-state index in [9.17, 15) is 14.7 Å². The van der Waals surface area contributed by atoms with Crippen molar-refractivity contribution in [1.29, 1.82) is 0 Å². The molecule has 0 amide bonds. The Bertz CT molecular complexity index is 330. The summed E-state index contributed by atoms with van der Waals surface area (Å²) in [6, 6.07) is 0. The third-order valence-corrected chi connectivity index (χ3v) is 1.95. The van der Waals surface area contributed by atoms with Gasteiger partial charge in [0.1, 0.15) is 0 Å². The zero-order chi connectivity index (χ0) is 10.7. The smallest absolute Gasteiger partial charge is 0.303 e. The van der Waals surface area contributed by atoms with Crippen molar-refractivity contribution in [3.63, 3.8) is 0 Å². The minimum atomic E-state index is -0.980. The largest absolute Gasteiger partial charge is 0.503 e. The number of nitrogens with zero attached hydrogens (tertiary/aromatic N) is 1. The Morgan fingerprint density at radius 2 is 2.29 bits per heavy atom. The fourth-order valence-electron chi connectivity index (χ4n) is 1.10. The Hall–Kier alpha value is -1.65. The summed E-state index contributed by atoms with van der Waals surface area (Å²) in [7, 11) is 0. The van der Waals surface area contributed by atoms with Gasteiger partial charge in [0, 0.05) is 12.6 Å². The van der Waals surface area contributed by atoms with Crippen LogP contribution in [0.25, 0.3) is 0 Å². The lowest BCUT2D eigenvalue weighted by Gasteiger charge is -2.12. The van der Waals surface area contributed by atoms with Gasteiger partial charge < -0.3 is 10.2 Å². The average Bonchev–Trinajstić information content (AvgIpc) is 2.13. The van der Waals surface area contributed by atoms with Crippen LogP contribution in [0.1, 0.15) is 19.8 Å². The Morgan fingerprint density at radius 3 is 2.86 bits per heavy atom. The quantitative estimate of drug-likeness (QED) is 0.703. The molecule has 76 valence electrons. The molecule has 1 aliphatic rings. The first kappa shape index (κ1) is 10.4. The van der Waals surface area contributed by atoms with Crippen LogP contribution >= 0.6 is 0 Å². The zero-order valence-corrected chi connectivity index (χ0v) is 7.73. The molecule has 0 aliphatic carbocycles. The maximum absolute atomic E-state index is 11.2. The number of carbonyl (C=O) groups excluding carboxylic acids is 1. The molecule has 1 rings (SSSR count). The minimum Gasteiger partial charge on any atom is -0.503 e. The van der Waals surface area contributed by atoms with Crippen LogP contribution in [0.15, 0.2) is 16.4 Å². The fourth-order valence-corrected chi connectivity index (χ4v) is 1.10. The minimum absolute atomic E-state index is 0.0795. The third-order valence-electron chi connectivity index (χ3n) is 1.95. The number of allylic oxidation sites excluding steroid dienone is 2. The number of rotatable bonds is 3. The van der Waals surface area contributed by atoms with Gasteiger partial charge >= 0.3 is 5.97 Å². The highest BCUT2D eigenvalue weighted by Gasteiger charge is 2.23. The van der Waals surface area contributed by atoms with Gasteiger partial charge in [-0.25, -0.2) is 0 Å². The summed E-state index contributed by atoms with van der Waals surface area (Å²) >= 11 is 0. The first-order valence-electron chi connectivity index (χ1n) is 4.24. The summed E-state index contributed by atoms with van der Waals surface area (Å²) in [5, 5.41) is 17.8. The number of aliphatic hydroxyl groups is 1. The highest BCUT2D eigenvalue weighted by Crippen LogP contribution is 2.18. The maximum Gasteiger partial charge on any atom is 0.303 e. The number of aliphatic carboxylic acids is 1. The van der Waals surface area contributed by atoms with E-state index >= 15 is 0 Å². The lowest BCUT2D eigenvalue weighted by molar-refractivity contribution is -0.137. The Balaban J connectivity index is 2.74. The second kappa shape index (κ2) is 4.04. The number of hydrogen-bond donors (Lipinski definition) is 2. The molecule has 2 N–H and O–H groups in total. The Kier molecular flexibility index (Phi) is 3.01. The summed E-state index contributed by atoms with van der Waals surface area (Å²) < 4.78 is 0. The number of aliphatic imine (C=N–C) groups is 1. The number of Topliss-reactive ketones (excluding diaryl/α,β-unsaturated/α-hetero) is 1. The molecule has 1 atom stereocenters. The Labute approximate surface area is 80.8 Å². The van der Waals surface area contributed by atoms with Gasteiger partial charge in [0.05, 0.1) is 18.0 Å². The molecule has 1 heterocycles. The predicted octanol–water partition coefficient (Wildman–Crippen LogP) is 0.910. The fraction of sp³-hybridized carbons (Fsp3) is 0.444. The van der Waals surface area contributed by atoms with Crippen LogP contribution in [0.3, 0.4) is 0 Å².